The Labute approximate surface area is 153 Å². The number of methoxy groups -OCH3 is 2. The highest BCUT2D eigenvalue weighted by molar-refractivity contribution is 5.79. The first-order valence-corrected chi connectivity index (χ1v) is 8.48. The van der Waals surface area contributed by atoms with E-state index >= 15 is 0 Å². The molecular weight excluding hydrogens is 332 g/mol. The van der Waals surface area contributed by atoms with E-state index in [0.717, 1.165) is 11.1 Å². The smallest absolute Gasteiger partial charge is 0.239 e. The molecule has 6 nitrogen and oxygen atoms in total. The van der Waals surface area contributed by atoms with Crippen LogP contribution in [-0.2, 0) is 9.47 Å². The summed E-state index contributed by atoms with van der Waals surface area (Å²) in [5.74, 6) is 0. The molecule has 0 heterocycles. The first-order valence-electron chi connectivity index (χ1n) is 8.48. The van der Waals surface area contributed by atoms with Gasteiger partial charge >= 0.3 is 0 Å². The van der Waals surface area contributed by atoms with E-state index in [1.165, 1.54) is 14.2 Å². The van der Waals surface area contributed by atoms with Gasteiger partial charge in [0.25, 0.3) is 0 Å². The highest BCUT2D eigenvalue weighted by Gasteiger charge is 2.32. The summed E-state index contributed by atoms with van der Waals surface area (Å²) in [6.07, 6.45) is 1.94. The van der Waals surface area contributed by atoms with Gasteiger partial charge in [-0.05, 0) is 11.1 Å². The van der Waals surface area contributed by atoms with E-state index in [-0.39, 0.29) is 4.92 Å². The molecule has 0 aliphatic carbocycles. The predicted octanol–water partition coefficient (Wildman–Crippen LogP) is 3.89. The Morgan fingerprint density at radius 3 is 2.12 bits per heavy atom. The van der Waals surface area contributed by atoms with Crippen LogP contribution in [0.15, 0.2) is 65.7 Å². The van der Waals surface area contributed by atoms with Crippen LogP contribution in [0.3, 0.4) is 0 Å². The maximum Gasteiger partial charge on any atom is 0.239 e. The Hall–Kier alpha value is -2.57. The third-order valence-corrected chi connectivity index (χ3v) is 4.18. The van der Waals surface area contributed by atoms with Crippen molar-refractivity contribution in [1.29, 1.82) is 0 Å². The largest absolute Gasteiger partial charge is 0.356 e. The maximum atomic E-state index is 11.8. The minimum absolute atomic E-state index is 0.262. The zero-order valence-electron chi connectivity index (χ0n) is 15.0. The van der Waals surface area contributed by atoms with Gasteiger partial charge in [0.2, 0.25) is 6.04 Å². The molecule has 0 radical (unpaired) electrons. The highest BCUT2D eigenvalue weighted by Crippen LogP contribution is 2.27. The number of hydrogen-bond donors (Lipinski definition) is 0. The summed E-state index contributed by atoms with van der Waals surface area (Å²) in [6.45, 7) is 0. The lowest BCUT2D eigenvalue weighted by Crippen LogP contribution is -2.29. The fraction of sp³-hybridized carbons (Fsp3) is 0.350. The molecule has 0 aliphatic heterocycles. The normalized spacial score (nSPS) is 13.8. The Kier molecular flexibility index (Phi) is 7.92. The molecule has 0 unspecified atom stereocenters. The number of aliphatic imine (C=N–C) groups is 1. The predicted molar refractivity (Wildman–Crippen MR) is 101 cm³/mol. The Balaban J connectivity index is 2.27. The van der Waals surface area contributed by atoms with E-state index in [2.05, 4.69) is 4.99 Å². The van der Waals surface area contributed by atoms with Crippen LogP contribution in [0.1, 0.15) is 30.0 Å². The van der Waals surface area contributed by atoms with Crippen molar-refractivity contribution in [3.63, 3.8) is 0 Å². The van der Waals surface area contributed by atoms with Crippen LogP contribution in [0, 0.1) is 10.1 Å². The highest BCUT2D eigenvalue weighted by atomic mass is 16.7. The van der Waals surface area contributed by atoms with Gasteiger partial charge in [-0.15, -0.1) is 0 Å². The zero-order valence-corrected chi connectivity index (χ0v) is 15.0. The lowest BCUT2D eigenvalue weighted by Gasteiger charge is -2.20. The minimum atomic E-state index is -0.870. The van der Waals surface area contributed by atoms with Crippen molar-refractivity contribution < 1.29 is 14.4 Å². The van der Waals surface area contributed by atoms with Crippen molar-refractivity contribution in [2.24, 2.45) is 4.99 Å². The van der Waals surface area contributed by atoms with Crippen molar-refractivity contribution in [1.82, 2.24) is 0 Å². The molecule has 2 aromatic rings. The third-order valence-electron chi connectivity index (χ3n) is 4.18. The SMILES string of the molecule is COC(CC[C@@H]([C@@H](N=Cc1ccccc1)c1ccccc1)[N+](=O)[O-])OC. The number of nitro groups is 1. The third kappa shape index (κ3) is 5.75. The summed E-state index contributed by atoms with van der Waals surface area (Å²) < 4.78 is 10.3. The number of hydrogen-bond acceptors (Lipinski definition) is 5. The number of ether oxygens (including phenoxy) is 2. The van der Waals surface area contributed by atoms with Crippen LogP contribution < -0.4 is 0 Å². The summed E-state index contributed by atoms with van der Waals surface area (Å²) in [4.78, 5) is 16.1. The van der Waals surface area contributed by atoms with Crippen LogP contribution in [0.2, 0.25) is 0 Å². The first-order chi connectivity index (χ1) is 12.7. The maximum absolute atomic E-state index is 11.8. The van der Waals surface area contributed by atoms with Gasteiger partial charge in [0.1, 0.15) is 6.04 Å². The van der Waals surface area contributed by atoms with Crippen LogP contribution in [-0.4, -0.2) is 37.7 Å². The van der Waals surface area contributed by atoms with Crippen molar-refractivity contribution in [2.75, 3.05) is 14.2 Å². The standard InChI is InChI=1S/C20H24N2O4/c1-25-19(26-2)14-13-18(22(23)24)20(17-11-7-4-8-12-17)21-15-16-9-5-3-6-10-16/h3-12,15,18-20H,13-14H2,1-2H3/t18-,20-/m0/s1. The molecule has 26 heavy (non-hydrogen) atoms. The summed E-state index contributed by atoms with van der Waals surface area (Å²) >= 11 is 0. The van der Waals surface area contributed by atoms with E-state index in [1.54, 1.807) is 6.21 Å². The summed E-state index contributed by atoms with van der Waals surface area (Å²) in [5.41, 5.74) is 1.72. The number of rotatable bonds is 10. The van der Waals surface area contributed by atoms with Gasteiger partial charge in [0.15, 0.2) is 6.29 Å². The monoisotopic (exact) mass is 356 g/mol. The Morgan fingerprint density at radius 2 is 1.58 bits per heavy atom. The lowest BCUT2D eigenvalue weighted by molar-refractivity contribution is -0.528. The fourth-order valence-electron chi connectivity index (χ4n) is 2.78. The molecule has 0 aromatic heterocycles. The number of benzene rings is 2. The number of nitrogens with zero attached hydrogens (tertiary/aromatic N) is 2. The second-order valence-electron chi connectivity index (χ2n) is 5.88. The molecule has 2 aromatic carbocycles. The van der Waals surface area contributed by atoms with E-state index in [9.17, 15) is 10.1 Å². The molecule has 0 aliphatic rings. The molecule has 0 amide bonds. The van der Waals surface area contributed by atoms with E-state index in [0.29, 0.717) is 12.8 Å². The van der Waals surface area contributed by atoms with Gasteiger partial charge < -0.3 is 9.47 Å². The van der Waals surface area contributed by atoms with E-state index in [4.69, 9.17) is 9.47 Å². The molecule has 0 N–H and O–H groups in total. The fourth-order valence-corrected chi connectivity index (χ4v) is 2.78. The zero-order chi connectivity index (χ0) is 18.8. The van der Waals surface area contributed by atoms with Crippen LogP contribution >= 0.6 is 0 Å². The van der Waals surface area contributed by atoms with E-state index < -0.39 is 18.4 Å². The quantitative estimate of drug-likeness (QED) is 0.280. The summed E-state index contributed by atoms with van der Waals surface area (Å²) in [6, 6.07) is 17.5. The molecule has 0 spiro atoms. The van der Waals surface area contributed by atoms with Crippen LogP contribution in [0.25, 0.3) is 0 Å². The van der Waals surface area contributed by atoms with Gasteiger partial charge in [0.05, 0.1) is 0 Å². The second-order valence-corrected chi connectivity index (χ2v) is 5.88. The molecule has 2 rings (SSSR count). The molecule has 0 saturated heterocycles. The van der Waals surface area contributed by atoms with Crippen molar-refractivity contribution in [3.8, 4) is 0 Å². The molecule has 6 heteroatoms. The minimum Gasteiger partial charge on any atom is -0.356 e. The van der Waals surface area contributed by atoms with Gasteiger partial charge in [-0.1, -0.05) is 60.7 Å². The molecule has 0 fully saturated rings. The summed E-state index contributed by atoms with van der Waals surface area (Å²) in [7, 11) is 3.05. The summed E-state index contributed by atoms with van der Waals surface area (Å²) in [5, 5.41) is 11.8. The van der Waals surface area contributed by atoms with Crippen LogP contribution in [0.5, 0.6) is 0 Å². The van der Waals surface area contributed by atoms with Crippen LogP contribution in [0.4, 0.5) is 0 Å². The van der Waals surface area contributed by atoms with Gasteiger partial charge in [-0.25, -0.2) is 0 Å². The molecule has 138 valence electrons. The Bertz CT molecular complexity index is 687. The van der Waals surface area contributed by atoms with Gasteiger partial charge in [-0.3, -0.25) is 15.1 Å². The molecule has 2 atom stereocenters. The lowest BCUT2D eigenvalue weighted by atomic mass is 9.96. The molecule has 0 bridgehead atoms. The van der Waals surface area contributed by atoms with Crippen molar-refractivity contribution in [3.05, 3.63) is 81.9 Å². The first kappa shape index (κ1) is 19.8. The van der Waals surface area contributed by atoms with Gasteiger partial charge in [0, 0.05) is 38.2 Å². The van der Waals surface area contributed by atoms with E-state index in [1.807, 2.05) is 60.7 Å². The molecule has 0 saturated carbocycles. The Morgan fingerprint density at radius 1 is 1.00 bits per heavy atom. The average molecular weight is 356 g/mol. The average Bonchev–Trinajstić information content (AvgIpc) is 2.68. The topological polar surface area (TPSA) is 74.0 Å². The van der Waals surface area contributed by atoms with Gasteiger partial charge in [-0.2, -0.15) is 0 Å². The molecular formula is C20H24N2O4. The van der Waals surface area contributed by atoms with Crippen molar-refractivity contribution >= 4 is 6.21 Å². The van der Waals surface area contributed by atoms with Crippen molar-refractivity contribution in [2.45, 2.75) is 31.2 Å². The second kappa shape index (κ2) is 10.4.